The van der Waals surface area contributed by atoms with Crippen molar-refractivity contribution >= 4 is 70.4 Å². The molecule has 170 valence electrons. The molecule has 0 saturated carbocycles. The van der Waals surface area contributed by atoms with E-state index in [0.29, 0.717) is 0 Å². The minimum atomic E-state index is 1.26. The number of hydrogen-bond donors (Lipinski definition) is 0. The summed E-state index contributed by atoms with van der Waals surface area (Å²) in [5.41, 5.74) is 6.40. The maximum atomic E-state index is 2.47. The number of aromatic nitrogens is 1. The number of hydrogen-bond acceptors (Lipinski definition) is 0. The smallest absolute Gasteiger partial charge is 0.0620 e. The molecule has 0 amide bonds. The monoisotopic (exact) mass is 467 g/mol. The van der Waals surface area contributed by atoms with E-state index in [1.165, 1.54) is 81.5 Å². The van der Waals surface area contributed by atoms with E-state index in [2.05, 4.69) is 132 Å². The van der Waals surface area contributed by atoms with Crippen LogP contribution in [-0.2, 0) is 0 Å². The predicted octanol–water partition coefficient (Wildman–Crippen LogP) is 9.96. The Kier molecular flexibility index (Phi) is 3.59. The summed E-state index contributed by atoms with van der Waals surface area (Å²) >= 11 is 0. The van der Waals surface area contributed by atoms with E-state index in [9.17, 15) is 0 Å². The molecule has 0 unspecified atom stereocenters. The molecule has 1 heteroatoms. The van der Waals surface area contributed by atoms with Gasteiger partial charge >= 0.3 is 0 Å². The third kappa shape index (κ3) is 2.53. The lowest BCUT2D eigenvalue weighted by Gasteiger charge is -2.08. The molecule has 1 nitrogen and oxygen atoms in total. The molecule has 37 heavy (non-hydrogen) atoms. The molecule has 7 aromatic carbocycles. The fourth-order valence-electron chi connectivity index (χ4n) is 6.54. The second-order valence-corrected chi connectivity index (χ2v) is 10.2. The van der Waals surface area contributed by atoms with E-state index in [-0.39, 0.29) is 0 Å². The van der Waals surface area contributed by atoms with Crippen LogP contribution in [-0.4, -0.2) is 4.40 Å². The van der Waals surface area contributed by atoms with Crippen LogP contribution in [0.5, 0.6) is 0 Å². The standard InChI is InChI=1S/C36H21N/c1-2-9-24-21-35-31(18-23(24)8-1)33-20-27(19-32-30-11-5-6-12-34(30)37(35)36(32)33)25-15-16-29-26(17-25)14-13-22-7-3-4-10-28(22)29/h1-21H. The Balaban J connectivity index is 1.41. The van der Waals surface area contributed by atoms with Gasteiger partial charge in [0.1, 0.15) is 0 Å². The van der Waals surface area contributed by atoms with E-state index in [1.807, 2.05) is 0 Å². The molecule has 0 radical (unpaired) electrons. The second kappa shape index (κ2) is 6.87. The topological polar surface area (TPSA) is 4.41 Å². The minimum absolute atomic E-state index is 1.26. The molecule has 0 spiro atoms. The number of para-hydroxylation sites is 1. The Hall–Kier alpha value is -4.88. The van der Waals surface area contributed by atoms with Gasteiger partial charge in [-0.05, 0) is 79.8 Å². The summed E-state index contributed by atoms with van der Waals surface area (Å²) in [6.07, 6.45) is 0. The average Bonchev–Trinajstić information content (AvgIpc) is 3.46. The van der Waals surface area contributed by atoms with Crippen molar-refractivity contribution in [3.63, 3.8) is 0 Å². The first-order chi connectivity index (χ1) is 18.3. The van der Waals surface area contributed by atoms with Crippen LogP contribution in [0.15, 0.2) is 127 Å². The first kappa shape index (κ1) is 19.3. The molecular weight excluding hydrogens is 446 g/mol. The molecule has 0 aliphatic rings. The van der Waals surface area contributed by atoms with Crippen LogP contribution in [0.1, 0.15) is 0 Å². The number of rotatable bonds is 1. The van der Waals surface area contributed by atoms with Gasteiger partial charge in [0.05, 0.1) is 16.6 Å². The molecule has 0 saturated heterocycles. The van der Waals surface area contributed by atoms with Gasteiger partial charge in [-0.25, -0.2) is 0 Å². The highest BCUT2D eigenvalue weighted by Crippen LogP contribution is 2.43. The first-order valence-electron chi connectivity index (χ1n) is 12.9. The Morgan fingerprint density at radius 2 is 0.973 bits per heavy atom. The van der Waals surface area contributed by atoms with Crippen LogP contribution in [0, 0.1) is 0 Å². The third-order valence-corrected chi connectivity index (χ3v) is 8.24. The van der Waals surface area contributed by atoms with Crippen LogP contribution in [0.2, 0.25) is 0 Å². The summed E-state index contributed by atoms with van der Waals surface area (Å²) in [6.45, 7) is 0. The molecule has 9 aromatic rings. The molecule has 2 heterocycles. The number of benzene rings is 7. The van der Waals surface area contributed by atoms with Crippen LogP contribution in [0.25, 0.3) is 81.5 Å². The van der Waals surface area contributed by atoms with Gasteiger partial charge in [-0.1, -0.05) is 91.0 Å². The van der Waals surface area contributed by atoms with Gasteiger partial charge in [0.2, 0.25) is 0 Å². The number of nitrogens with zero attached hydrogens (tertiary/aromatic N) is 1. The fourth-order valence-corrected chi connectivity index (χ4v) is 6.54. The van der Waals surface area contributed by atoms with Crippen LogP contribution >= 0.6 is 0 Å². The quantitative estimate of drug-likeness (QED) is 0.212. The van der Waals surface area contributed by atoms with Crippen LogP contribution in [0.3, 0.4) is 0 Å². The average molecular weight is 468 g/mol. The molecule has 0 aliphatic carbocycles. The molecule has 9 rings (SSSR count). The molecular formula is C36H21N. The SMILES string of the molecule is c1ccc2cc3c(cc2c1)c1cc(-c2ccc4c(ccc5ccccc54)c2)cc2c4ccccc4n3c21. The lowest BCUT2D eigenvalue weighted by Crippen LogP contribution is -1.82. The Morgan fingerprint density at radius 1 is 0.324 bits per heavy atom. The summed E-state index contributed by atoms with van der Waals surface area (Å²) in [5.74, 6) is 0. The van der Waals surface area contributed by atoms with E-state index in [0.717, 1.165) is 0 Å². The van der Waals surface area contributed by atoms with E-state index < -0.39 is 0 Å². The van der Waals surface area contributed by atoms with Gasteiger partial charge < -0.3 is 4.40 Å². The fraction of sp³-hybridized carbons (Fsp3) is 0. The van der Waals surface area contributed by atoms with Gasteiger partial charge in [-0.15, -0.1) is 0 Å². The Labute approximate surface area is 213 Å². The summed E-state index contributed by atoms with van der Waals surface area (Å²) < 4.78 is 2.47. The first-order valence-corrected chi connectivity index (χ1v) is 12.9. The van der Waals surface area contributed by atoms with Crippen molar-refractivity contribution in [3.8, 4) is 11.1 Å². The normalized spacial score (nSPS) is 12.3. The van der Waals surface area contributed by atoms with Crippen molar-refractivity contribution in [2.24, 2.45) is 0 Å². The van der Waals surface area contributed by atoms with Crippen molar-refractivity contribution in [2.75, 3.05) is 0 Å². The van der Waals surface area contributed by atoms with Crippen molar-refractivity contribution in [1.29, 1.82) is 0 Å². The second-order valence-electron chi connectivity index (χ2n) is 10.2. The maximum Gasteiger partial charge on any atom is 0.0620 e. The van der Waals surface area contributed by atoms with Gasteiger partial charge in [0, 0.05) is 21.5 Å². The Bertz CT molecular complexity index is 2350. The van der Waals surface area contributed by atoms with E-state index in [4.69, 9.17) is 0 Å². The van der Waals surface area contributed by atoms with Crippen molar-refractivity contribution in [3.05, 3.63) is 127 Å². The lowest BCUT2D eigenvalue weighted by atomic mass is 9.95. The summed E-state index contributed by atoms with van der Waals surface area (Å²) in [6, 6.07) is 47.1. The van der Waals surface area contributed by atoms with Crippen LogP contribution < -0.4 is 0 Å². The maximum absolute atomic E-state index is 2.47. The number of fused-ring (bicyclic) bond motifs is 10. The zero-order valence-electron chi connectivity index (χ0n) is 20.1. The highest BCUT2D eigenvalue weighted by atomic mass is 14.9. The van der Waals surface area contributed by atoms with Gasteiger partial charge in [-0.2, -0.15) is 0 Å². The molecule has 0 fully saturated rings. The van der Waals surface area contributed by atoms with Gasteiger partial charge in [-0.3, -0.25) is 0 Å². The molecule has 0 atom stereocenters. The summed E-state index contributed by atoms with van der Waals surface area (Å²) in [5, 5.41) is 13.0. The van der Waals surface area contributed by atoms with E-state index >= 15 is 0 Å². The summed E-state index contributed by atoms with van der Waals surface area (Å²) in [7, 11) is 0. The third-order valence-electron chi connectivity index (χ3n) is 8.24. The highest BCUT2D eigenvalue weighted by Gasteiger charge is 2.19. The van der Waals surface area contributed by atoms with Gasteiger partial charge in [0.15, 0.2) is 0 Å². The van der Waals surface area contributed by atoms with E-state index in [1.54, 1.807) is 0 Å². The highest BCUT2D eigenvalue weighted by molar-refractivity contribution is 6.25. The molecule has 0 aliphatic heterocycles. The largest absolute Gasteiger partial charge is 0.308 e. The van der Waals surface area contributed by atoms with Crippen molar-refractivity contribution in [1.82, 2.24) is 4.40 Å². The minimum Gasteiger partial charge on any atom is -0.308 e. The van der Waals surface area contributed by atoms with Crippen molar-refractivity contribution < 1.29 is 0 Å². The molecule has 2 aromatic heterocycles. The lowest BCUT2D eigenvalue weighted by molar-refractivity contribution is 1.37. The Morgan fingerprint density at radius 3 is 1.84 bits per heavy atom. The molecule has 0 bridgehead atoms. The summed E-state index contributed by atoms with van der Waals surface area (Å²) in [4.78, 5) is 0. The van der Waals surface area contributed by atoms with Crippen molar-refractivity contribution in [2.45, 2.75) is 0 Å². The van der Waals surface area contributed by atoms with Crippen LogP contribution in [0.4, 0.5) is 0 Å². The molecule has 0 N–H and O–H groups in total. The van der Waals surface area contributed by atoms with Gasteiger partial charge in [0.25, 0.3) is 0 Å². The zero-order chi connectivity index (χ0) is 24.1. The zero-order valence-corrected chi connectivity index (χ0v) is 20.1. The predicted molar refractivity (Wildman–Crippen MR) is 159 cm³/mol.